The molecule has 1 amide bonds. The molecule has 3 N–H and O–H groups in total. The lowest BCUT2D eigenvalue weighted by Crippen LogP contribution is -2.27. The van der Waals surface area contributed by atoms with Gasteiger partial charge in [0.05, 0.1) is 11.6 Å². The Morgan fingerprint density at radius 1 is 1.28 bits per heavy atom. The molecular weight excluding hydrogens is 412 g/mol. The molecule has 12 heteroatoms. The third kappa shape index (κ3) is 5.43. The van der Waals surface area contributed by atoms with Gasteiger partial charge in [0.15, 0.2) is 5.69 Å². The van der Waals surface area contributed by atoms with Gasteiger partial charge >= 0.3 is 13.8 Å². The zero-order valence-corrected chi connectivity index (χ0v) is 16.1. The third-order valence-electron chi connectivity index (χ3n) is 4.92. The second-order valence-corrected chi connectivity index (χ2v) is 8.65. The number of pyridine rings is 1. The number of hydrogen-bond acceptors (Lipinski definition) is 4. The molecular formula is C17H20F3N4O4P. The SMILES string of the molecule is O=C(Nc1ccc(P(=O)(O)O)cn1)C(CC1CCCC1)n1cnc(C(F)(F)F)c1. The summed E-state index contributed by atoms with van der Waals surface area (Å²) in [4.78, 5) is 38.2. The van der Waals surface area contributed by atoms with Crippen LogP contribution in [0.5, 0.6) is 0 Å². The van der Waals surface area contributed by atoms with E-state index in [1.807, 2.05) is 0 Å². The normalized spacial score (nSPS) is 16.7. The second-order valence-electron chi connectivity index (χ2n) is 7.04. The molecule has 0 spiro atoms. The van der Waals surface area contributed by atoms with E-state index in [-0.39, 0.29) is 17.0 Å². The van der Waals surface area contributed by atoms with E-state index in [9.17, 15) is 22.5 Å². The summed E-state index contributed by atoms with van der Waals surface area (Å²) in [6.45, 7) is 0. The van der Waals surface area contributed by atoms with Crippen LogP contribution in [0.15, 0.2) is 30.9 Å². The van der Waals surface area contributed by atoms with Gasteiger partial charge in [-0.2, -0.15) is 13.2 Å². The molecule has 1 saturated carbocycles. The molecule has 0 radical (unpaired) electrons. The Morgan fingerprint density at radius 2 is 1.97 bits per heavy atom. The van der Waals surface area contributed by atoms with Crippen LogP contribution < -0.4 is 10.6 Å². The number of nitrogens with zero attached hydrogens (tertiary/aromatic N) is 3. The van der Waals surface area contributed by atoms with Gasteiger partial charge in [-0.05, 0) is 24.5 Å². The van der Waals surface area contributed by atoms with Crippen LogP contribution in [0.25, 0.3) is 0 Å². The summed E-state index contributed by atoms with van der Waals surface area (Å²) in [5.74, 6) is -0.313. The molecule has 2 aromatic rings. The average molecular weight is 432 g/mol. The highest BCUT2D eigenvalue weighted by molar-refractivity contribution is 7.60. The van der Waals surface area contributed by atoms with E-state index in [0.717, 1.165) is 55.0 Å². The fourth-order valence-corrected chi connectivity index (χ4v) is 3.90. The molecule has 8 nitrogen and oxygen atoms in total. The predicted molar refractivity (Wildman–Crippen MR) is 97.4 cm³/mol. The highest BCUT2D eigenvalue weighted by atomic mass is 31.2. The van der Waals surface area contributed by atoms with Gasteiger partial charge in [0.2, 0.25) is 5.91 Å². The number of amides is 1. The first-order valence-corrected chi connectivity index (χ1v) is 10.6. The van der Waals surface area contributed by atoms with E-state index in [0.29, 0.717) is 6.42 Å². The van der Waals surface area contributed by atoms with Gasteiger partial charge < -0.3 is 19.7 Å². The Hall–Kier alpha value is -2.23. The average Bonchev–Trinajstić information content (AvgIpc) is 3.30. The molecule has 1 atom stereocenters. The van der Waals surface area contributed by atoms with Crippen molar-refractivity contribution in [2.45, 2.75) is 44.3 Å². The lowest BCUT2D eigenvalue weighted by atomic mass is 9.97. The number of imidazole rings is 1. The number of halogens is 3. The third-order valence-corrected chi connectivity index (χ3v) is 5.86. The van der Waals surface area contributed by atoms with Crippen LogP contribution in [0, 0.1) is 5.92 Å². The van der Waals surface area contributed by atoms with Crippen molar-refractivity contribution in [1.82, 2.24) is 14.5 Å². The number of alkyl halides is 3. The van der Waals surface area contributed by atoms with Crippen LogP contribution in [0.1, 0.15) is 43.8 Å². The van der Waals surface area contributed by atoms with Crippen molar-refractivity contribution in [1.29, 1.82) is 0 Å². The van der Waals surface area contributed by atoms with Crippen LogP contribution in [-0.4, -0.2) is 30.2 Å². The summed E-state index contributed by atoms with van der Waals surface area (Å²) in [6.07, 6.45) is 2.33. The fraction of sp³-hybridized carbons (Fsp3) is 0.471. The fourth-order valence-electron chi connectivity index (χ4n) is 3.42. The van der Waals surface area contributed by atoms with E-state index in [2.05, 4.69) is 15.3 Å². The van der Waals surface area contributed by atoms with Gasteiger partial charge in [-0.25, -0.2) is 9.97 Å². The Morgan fingerprint density at radius 3 is 2.48 bits per heavy atom. The Labute approximate surface area is 164 Å². The molecule has 0 bridgehead atoms. The Balaban J connectivity index is 1.80. The maximum atomic E-state index is 12.9. The number of carbonyl (C=O) groups excluding carboxylic acids is 1. The lowest BCUT2D eigenvalue weighted by molar-refractivity contribution is -0.141. The van der Waals surface area contributed by atoms with Gasteiger partial charge in [0.25, 0.3) is 0 Å². The number of aromatic nitrogens is 3. The summed E-state index contributed by atoms with van der Waals surface area (Å²) in [6, 6.07) is 1.45. The summed E-state index contributed by atoms with van der Waals surface area (Å²) in [5, 5.41) is 2.20. The van der Waals surface area contributed by atoms with Crippen molar-refractivity contribution < 1.29 is 32.3 Å². The molecule has 0 aliphatic heterocycles. The van der Waals surface area contributed by atoms with Gasteiger partial charge in [-0.1, -0.05) is 25.7 Å². The van der Waals surface area contributed by atoms with Gasteiger partial charge in [0, 0.05) is 12.4 Å². The molecule has 3 rings (SSSR count). The number of nitrogens with one attached hydrogen (secondary N) is 1. The summed E-state index contributed by atoms with van der Waals surface area (Å²) >= 11 is 0. The first-order valence-electron chi connectivity index (χ1n) is 8.98. The summed E-state index contributed by atoms with van der Waals surface area (Å²) < 4.78 is 51.1. The smallest absolute Gasteiger partial charge is 0.324 e. The van der Waals surface area contributed by atoms with Crippen LogP contribution >= 0.6 is 7.60 Å². The predicted octanol–water partition coefficient (Wildman–Crippen LogP) is 2.86. The molecule has 2 aromatic heterocycles. The first-order chi connectivity index (χ1) is 13.5. The number of hydrogen-bond donors (Lipinski definition) is 3. The van der Waals surface area contributed by atoms with Gasteiger partial charge in [-0.15, -0.1) is 0 Å². The minimum atomic E-state index is -4.61. The molecule has 1 unspecified atom stereocenters. The minimum Gasteiger partial charge on any atom is -0.324 e. The Bertz CT molecular complexity index is 904. The molecule has 29 heavy (non-hydrogen) atoms. The van der Waals surface area contributed by atoms with Crippen molar-refractivity contribution in [2.24, 2.45) is 5.92 Å². The second kappa shape index (κ2) is 8.25. The maximum Gasteiger partial charge on any atom is 0.434 e. The van der Waals surface area contributed by atoms with E-state index in [1.165, 1.54) is 6.07 Å². The standard InChI is InChI=1S/C17H20F3N4O4P/c18-17(19,20)14-9-24(10-22-14)13(7-11-3-1-2-4-11)16(25)23-15-6-5-12(8-21-15)29(26,27)28/h5-6,8-11,13H,1-4,7H2,(H,21,23,25)(H2,26,27,28). The largest absolute Gasteiger partial charge is 0.434 e. The molecule has 0 saturated heterocycles. The number of rotatable bonds is 6. The van der Waals surface area contributed by atoms with E-state index >= 15 is 0 Å². The van der Waals surface area contributed by atoms with E-state index in [4.69, 9.17) is 9.79 Å². The van der Waals surface area contributed by atoms with Crippen molar-refractivity contribution in [3.05, 3.63) is 36.5 Å². The quantitative estimate of drug-likeness (QED) is 0.605. The van der Waals surface area contributed by atoms with Crippen LogP contribution in [0.4, 0.5) is 19.0 Å². The summed E-state index contributed by atoms with van der Waals surface area (Å²) in [5.41, 5.74) is -1.08. The zero-order chi connectivity index (χ0) is 21.2. The first kappa shape index (κ1) is 21.5. The highest BCUT2D eigenvalue weighted by Gasteiger charge is 2.35. The lowest BCUT2D eigenvalue weighted by Gasteiger charge is -2.21. The highest BCUT2D eigenvalue weighted by Crippen LogP contribution is 2.35. The van der Waals surface area contributed by atoms with E-state index in [1.54, 1.807) is 0 Å². The van der Waals surface area contributed by atoms with Gasteiger partial charge in [-0.3, -0.25) is 9.36 Å². The molecule has 0 aromatic carbocycles. The number of anilines is 1. The van der Waals surface area contributed by atoms with Crippen LogP contribution in [0.3, 0.4) is 0 Å². The molecule has 1 fully saturated rings. The molecule has 158 valence electrons. The van der Waals surface area contributed by atoms with E-state index < -0.39 is 31.4 Å². The van der Waals surface area contributed by atoms with Crippen molar-refractivity contribution >= 4 is 24.6 Å². The van der Waals surface area contributed by atoms with Crippen molar-refractivity contribution in [3.63, 3.8) is 0 Å². The maximum absolute atomic E-state index is 12.9. The molecule has 1 aliphatic rings. The van der Waals surface area contributed by atoms with Crippen molar-refractivity contribution in [2.75, 3.05) is 5.32 Å². The van der Waals surface area contributed by atoms with Crippen LogP contribution in [-0.2, 0) is 15.5 Å². The zero-order valence-electron chi connectivity index (χ0n) is 15.2. The molecule has 2 heterocycles. The Kier molecular flexibility index (Phi) is 6.11. The number of carbonyl (C=O) groups is 1. The minimum absolute atomic E-state index is 0.0415. The van der Waals surface area contributed by atoms with Crippen LogP contribution in [0.2, 0.25) is 0 Å². The topological polar surface area (TPSA) is 117 Å². The van der Waals surface area contributed by atoms with Gasteiger partial charge in [0.1, 0.15) is 11.9 Å². The molecule has 1 aliphatic carbocycles. The monoisotopic (exact) mass is 432 g/mol. The summed E-state index contributed by atoms with van der Waals surface area (Å²) in [7, 11) is -4.47. The van der Waals surface area contributed by atoms with Crippen molar-refractivity contribution in [3.8, 4) is 0 Å².